The van der Waals surface area contributed by atoms with Gasteiger partial charge in [0.2, 0.25) is 5.91 Å². The van der Waals surface area contributed by atoms with Gasteiger partial charge in [0.1, 0.15) is 11.5 Å². The molecule has 0 saturated carbocycles. The molecule has 132 valence electrons. The van der Waals surface area contributed by atoms with Gasteiger partial charge >= 0.3 is 5.97 Å². The van der Waals surface area contributed by atoms with Crippen molar-refractivity contribution in [2.24, 2.45) is 17.8 Å². The summed E-state index contributed by atoms with van der Waals surface area (Å²) in [5.41, 5.74) is -0.0259. The molecule has 2 saturated heterocycles. The Kier molecular flexibility index (Phi) is 3.89. The highest BCUT2D eigenvalue weighted by Gasteiger charge is 2.67. The summed E-state index contributed by atoms with van der Waals surface area (Å²) >= 11 is 6.06. The molecule has 0 aromatic heterocycles. The topological polar surface area (TPSA) is 55.8 Å². The van der Waals surface area contributed by atoms with Crippen LogP contribution in [0.25, 0.3) is 0 Å². The van der Waals surface area contributed by atoms with Gasteiger partial charge in [-0.15, -0.1) is 0 Å². The SMILES string of the molecule is CC(C)COC(=O)[C@H]1[C@H]2C=CC3(CN(c4cccc(Cl)c4)C(=O)[C@@H]13)O2. The van der Waals surface area contributed by atoms with Gasteiger partial charge in [-0.25, -0.2) is 0 Å². The van der Waals surface area contributed by atoms with E-state index in [0.29, 0.717) is 18.2 Å². The Hall–Kier alpha value is -1.85. The van der Waals surface area contributed by atoms with E-state index in [1.807, 2.05) is 32.1 Å². The van der Waals surface area contributed by atoms with E-state index in [1.165, 1.54) is 0 Å². The molecule has 1 aromatic carbocycles. The Morgan fingerprint density at radius 3 is 3.00 bits per heavy atom. The second kappa shape index (κ2) is 5.85. The molecule has 6 heteroatoms. The zero-order valence-electron chi connectivity index (χ0n) is 14.1. The number of amides is 1. The van der Waals surface area contributed by atoms with Crippen LogP contribution < -0.4 is 4.90 Å². The molecule has 3 aliphatic heterocycles. The molecule has 1 spiro atoms. The van der Waals surface area contributed by atoms with Gasteiger partial charge in [-0.1, -0.05) is 43.7 Å². The van der Waals surface area contributed by atoms with E-state index in [4.69, 9.17) is 21.1 Å². The number of hydrogen-bond donors (Lipinski definition) is 0. The van der Waals surface area contributed by atoms with Gasteiger partial charge in [0.25, 0.3) is 0 Å². The standard InChI is InChI=1S/C19H20ClNO4/c1-11(2)9-24-18(23)15-14-6-7-19(25-14)10-21(17(22)16(15)19)13-5-3-4-12(20)8-13/h3-8,11,14-16H,9-10H2,1-2H3/t14-,15+,16-,19?/m1/s1. The molecule has 1 unspecified atom stereocenters. The molecule has 3 aliphatic rings. The number of carbonyl (C=O) groups excluding carboxylic acids is 2. The van der Waals surface area contributed by atoms with Crippen molar-refractivity contribution >= 4 is 29.2 Å². The molecule has 1 aromatic rings. The third-order valence-electron chi connectivity index (χ3n) is 5.05. The largest absolute Gasteiger partial charge is 0.465 e. The predicted molar refractivity (Wildman–Crippen MR) is 93.3 cm³/mol. The molecule has 0 aliphatic carbocycles. The minimum absolute atomic E-state index is 0.111. The molecular formula is C19H20ClNO4. The molecule has 3 heterocycles. The normalized spacial score (nSPS) is 32.6. The van der Waals surface area contributed by atoms with E-state index in [0.717, 1.165) is 5.69 Å². The maximum absolute atomic E-state index is 13.1. The number of fused-ring (bicyclic) bond motifs is 1. The van der Waals surface area contributed by atoms with E-state index in [1.54, 1.807) is 23.1 Å². The lowest BCUT2D eigenvalue weighted by Gasteiger charge is -2.23. The van der Waals surface area contributed by atoms with Gasteiger partial charge in [-0.05, 0) is 24.1 Å². The van der Waals surface area contributed by atoms with Gasteiger partial charge in [0, 0.05) is 10.7 Å². The first-order valence-corrected chi connectivity index (χ1v) is 8.90. The Bertz CT molecular complexity index is 762. The fraction of sp³-hybridized carbons (Fsp3) is 0.474. The van der Waals surface area contributed by atoms with Crippen molar-refractivity contribution in [1.82, 2.24) is 0 Å². The summed E-state index contributed by atoms with van der Waals surface area (Å²) < 4.78 is 11.5. The first-order chi connectivity index (χ1) is 11.9. The van der Waals surface area contributed by atoms with Crippen LogP contribution in [0.2, 0.25) is 5.02 Å². The number of carbonyl (C=O) groups is 2. The van der Waals surface area contributed by atoms with Crippen molar-refractivity contribution in [1.29, 1.82) is 0 Å². The number of nitrogens with zero attached hydrogens (tertiary/aromatic N) is 1. The van der Waals surface area contributed by atoms with Crippen LogP contribution in [0.5, 0.6) is 0 Å². The summed E-state index contributed by atoms with van der Waals surface area (Å²) in [4.78, 5) is 27.3. The van der Waals surface area contributed by atoms with E-state index in [9.17, 15) is 9.59 Å². The Morgan fingerprint density at radius 2 is 2.28 bits per heavy atom. The summed E-state index contributed by atoms with van der Waals surface area (Å²) in [5.74, 6) is -1.34. The predicted octanol–water partition coefficient (Wildman–Crippen LogP) is 2.83. The Morgan fingerprint density at radius 1 is 1.48 bits per heavy atom. The second-order valence-corrected chi connectivity index (χ2v) is 7.76. The van der Waals surface area contributed by atoms with Gasteiger partial charge < -0.3 is 14.4 Å². The number of halogens is 1. The highest BCUT2D eigenvalue weighted by molar-refractivity contribution is 6.31. The molecule has 25 heavy (non-hydrogen) atoms. The monoisotopic (exact) mass is 361 g/mol. The van der Waals surface area contributed by atoms with Crippen LogP contribution in [-0.4, -0.2) is 36.7 Å². The third-order valence-corrected chi connectivity index (χ3v) is 5.29. The van der Waals surface area contributed by atoms with Crippen molar-refractivity contribution < 1.29 is 19.1 Å². The van der Waals surface area contributed by atoms with Gasteiger partial charge in [-0.3, -0.25) is 9.59 Å². The number of ether oxygens (including phenoxy) is 2. The van der Waals surface area contributed by atoms with Crippen molar-refractivity contribution in [2.75, 3.05) is 18.1 Å². The molecule has 2 bridgehead atoms. The lowest BCUT2D eigenvalue weighted by molar-refractivity contribution is -0.153. The van der Waals surface area contributed by atoms with Crippen molar-refractivity contribution in [3.05, 3.63) is 41.4 Å². The Balaban J connectivity index is 1.62. The number of anilines is 1. The summed E-state index contributed by atoms with van der Waals surface area (Å²) in [7, 11) is 0. The fourth-order valence-corrected chi connectivity index (χ4v) is 4.16. The van der Waals surface area contributed by atoms with Crippen LogP contribution in [0.15, 0.2) is 36.4 Å². The van der Waals surface area contributed by atoms with Crippen molar-refractivity contribution in [3.63, 3.8) is 0 Å². The average Bonchev–Trinajstić information content (AvgIpc) is 3.21. The van der Waals surface area contributed by atoms with E-state index >= 15 is 0 Å². The number of benzene rings is 1. The van der Waals surface area contributed by atoms with Crippen LogP contribution in [0.4, 0.5) is 5.69 Å². The fourth-order valence-electron chi connectivity index (χ4n) is 3.97. The highest BCUT2D eigenvalue weighted by atomic mass is 35.5. The summed E-state index contributed by atoms with van der Waals surface area (Å²) in [6, 6.07) is 7.15. The zero-order chi connectivity index (χ0) is 17.8. The second-order valence-electron chi connectivity index (χ2n) is 7.33. The van der Waals surface area contributed by atoms with Crippen LogP contribution in [-0.2, 0) is 19.1 Å². The molecule has 1 amide bonds. The number of rotatable bonds is 4. The quantitative estimate of drug-likeness (QED) is 0.611. The molecule has 0 N–H and O–H groups in total. The first-order valence-electron chi connectivity index (χ1n) is 8.52. The summed E-state index contributed by atoms with van der Waals surface area (Å²) in [6.07, 6.45) is 3.43. The van der Waals surface area contributed by atoms with Crippen LogP contribution in [0, 0.1) is 17.8 Å². The van der Waals surface area contributed by atoms with Gasteiger partial charge in [-0.2, -0.15) is 0 Å². The smallest absolute Gasteiger partial charge is 0.312 e. The van der Waals surface area contributed by atoms with E-state index in [2.05, 4.69) is 0 Å². The lowest BCUT2D eigenvalue weighted by Crippen LogP contribution is -2.40. The summed E-state index contributed by atoms with van der Waals surface area (Å²) in [5, 5.41) is 0.563. The average molecular weight is 362 g/mol. The zero-order valence-corrected chi connectivity index (χ0v) is 14.9. The van der Waals surface area contributed by atoms with E-state index < -0.39 is 17.4 Å². The molecule has 2 fully saturated rings. The van der Waals surface area contributed by atoms with Crippen molar-refractivity contribution in [3.8, 4) is 0 Å². The Labute approximate surface area is 151 Å². The minimum atomic E-state index is -0.744. The number of esters is 1. The third kappa shape index (κ3) is 2.57. The molecule has 4 atom stereocenters. The van der Waals surface area contributed by atoms with Crippen LogP contribution >= 0.6 is 11.6 Å². The maximum atomic E-state index is 13.1. The van der Waals surface area contributed by atoms with Gasteiger partial charge in [0.15, 0.2) is 0 Å². The van der Waals surface area contributed by atoms with Crippen LogP contribution in [0.1, 0.15) is 13.8 Å². The molecular weight excluding hydrogens is 342 g/mol. The molecule has 5 nitrogen and oxygen atoms in total. The summed E-state index contributed by atoms with van der Waals surface area (Å²) in [6.45, 7) is 4.69. The minimum Gasteiger partial charge on any atom is -0.465 e. The maximum Gasteiger partial charge on any atom is 0.312 e. The first kappa shape index (κ1) is 16.6. The molecule has 0 radical (unpaired) electrons. The van der Waals surface area contributed by atoms with Crippen LogP contribution in [0.3, 0.4) is 0 Å². The molecule has 4 rings (SSSR count). The van der Waals surface area contributed by atoms with E-state index in [-0.39, 0.29) is 23.9 Å². The van der Waals surface area contributed by atoms with Gasteiger partial charge in [0.05, 0.1) is 25.2 Å². The highest BCUT2D eigenvalue weighted by Crippen LogP contribution is 2.53. The van der Waals surface area contributed by atoms with Crippen molar-refractivity contribution in [2.45, 2.75) is 25.6 Å². The lowest BCUT2D eigenvalue weighted by atomic mass is 9.77. The number of hydrogen-bond acceptors (Lipinski definition) is 4.